The third-order valence-electron chi connectivity index (χ3n) is 6.64. The van der Waals surface area contributed by atoms with Crippen molar-refractivity contribution in [2.24, 2.45) is 5.92 Å². The summed E-state index contributed by atoms with van der Waals surface area (Å²) in [5.74, 6) is -0.274. The van der Waals surface area contributed by atoms with Crippen LogP contribution in [0.2, 0.25) is 0 Å². The first kappa shape index (κ1) is 21.0. The minimum Gasteiger partial charge on any atom is -0.356 e. The summed E-state index contributed by atoms with van der Waals surface area (Å²) in [7, 11) is 0. The Morgan fingerprint density at radius 2 is 1.97 bits per heavy atom. The van der Waals surface area contributed by atoms with E-state index in [0.29, 0.717) is 17.1 Å². The van der Waals surface area contributed by atoms with Crippen LogP contribution in [0.3, 0.4) is 0 Å². The van der Waals surface area contributed by atoms with Crippen LogP contribution in [0.4, 0.5) is 5.69 Å². The molecule has 6 heteroatoms. The van der Waals surface area contributed by atoms with E-state index in [0.717, 1.165) is 46.4 Å². The van der Waals surface area contributed by atoms with Crippen molar-refractivity contribution in [2.75, 3.05) is 11.9 Å². The Balaban J connectivity index is 1.74. The van der Waals surface area contributed by atoms with Crippen LogP contribution in [0.15, 0.2) is 59.9 Å². The average molecular weight is 439 g/mol. The molecule has 1 aromatic heterocycles. The molecule has 3 aromatic rings. The fourth-order valence-electron chi connectivity index (χ4n) is 4.95. The minimum absolute atomic E-state index is 0.240. The van der Waals surface area contributed by atoms with E-state index in [1.54, 1.807) is 12.1 Å². The molecule has 5 rings (SSSR count). The van der Waals surface area contributed by atoms with Gasteiger partial charge in [0.15, 0.2) is 0 Å². The Hall–Kier alpha value is -3.85. The zero-order valence-electron chi connectivity index (χ0n) is 19.1. The Morgan fingerprint density at radius 1 is 1.21 bits per heavy atom. The number of hydrogen-bond acceptors (Lipinski definition) is 4. The number of benzene rings is 2. The van der Waals surface area contributed by atoms with Crippen LogP contribution >= 0.6 is 0 Å². The van der Waals surface area contributed by atoms with Gasteiger partial charge in [0.1, 0.15) is 0 Å². The van der Waals surface area contributed by atoms with Gasteiger partial charge in [-0.25, -0.2) is 0 Å². The molecule has 0 fully saturated rings. The second-order valence-electron chi connectivity index (χ2n) is 9.25. The highest BCUT2D eigenvalue weighted by Gasteiger charge is 2.41. The highest BCUT2D eigenvalue weighted by atomic mass is 16.2. The number of carbonyl (C=O) groups is 2. The van der Waals surface area contributed by atoms with E-state index in [9.17, 15) is 14.9 Å². The average Bonchev–Trinajstić information content (AvgIpc) is 3.28. The molecule has 0 aliphatic carbocycles. The summed E-state index contributed by atoms with van der Waals surface area (Å²) in [5.41, 5.74) is 6.00. The summed E-state index contributed by atoms with van der Waals surface area (Å²) < 4.78 is 2.28. The number of nitrogens with one attached hydrogen (secondary N) is 1. The monoisotopic (exact) mass is 438 g/mol. The van der Waals surface area contributed by atoms with Crippen LogP contribution in [-0.2, 0) is 16.1 Å². The summed E-state index contributed by atoms with van der Waals surface area (Å²) in [6.07, 6.45) is 3.22. The molecule has 0 unspecified atom stereocenters. The number of imide groups is 1. The largest absolute Gasteiger partial charge is 0.356 e. The maximum Gasteiger partial charge on any atom is 0.259 e. The van der Waals surface area contributed by atoms with E-state index in [1.165, 1.54) is 11.8 Å². The van der Waals surface area contributed by atoms with E-state index in [1.807, 2.05) is 24.3 Å². The van der Waals surface area contributed by atoms with Crippen LogP contribution in [0.25, 0.3) is 10.9 Å². The lowest BCUT2D eigenvalue weighted by Crippen LogP contribution is -2.33. The topological polar surface area (TPSA) is 78.1 Å². The van der Waals surface area contributed by atoms with Crippen molar-refractivity contribution in [1.29, 1.82) is 5.26 Å². The van der Waals surface area contributed by atoms with Gasteiger partial charge in [0, 0.05) is 42.4 Å². The smallest absolute Gasteiger partial charge is 0.259 e. The number of aryl methyl sites for hydroxylation is 1. The second kappa shape index (κ2) is 7.93. The standard InChI is InChI=1S/C27H26N4O2/c1-16(2)11-12-30-14-20-24(19-9-7-18(13-28)8-10-19)26-22(15-31(17(3)32)27(26)33)29-21-5-4-6-23(30)25(20)21/h4-10,14,16,24,29H,11-12,15H2,1-3H3/t24-/m1/s1. The fourth-order valence-corrected chi connectivity index (χ4v) is 4.95. The Bertz CT molecular complexity index is 1360. The Morgan fingerprint density at radius 3 is 2.64 bits per heavy atom. The quantitative estimate of drug-likeness (QED) is 0.637. The highest BCUT2D eigenvalue weighted by Crippen LogP contribution is 2.46. The lowest BCUT2D eigenvalue weighted by atomic mass is 9.84. The van der Waals surface area contributed by atoms with Crippen molar-refractivity contribution in [3.05, 3.63) is 76.6 Å². The number of anilines is 1. The van der Waals surface area contributed by atoms with Gasteiger partial charge in [-0.1, -0.05) is 32.0 Å². The molecule has 2 aliphatic heterocycles. The summed E-state index contributed by atoms with van der Waals surface area (Å²) in [4.78, 5) is 27.0. The van der Waals surface area contributed by atoms with Crippen molar-refractivity contribution < 1.29 is 9.59 Å². The van der Waals surface area contributed by atoms with Crippen molar-refractivity contribution >= 4 is 28.4 Å². The Kier molecular flexibility index (Phi) is 5.05. The molecule has 0 bridgehead atoms. The third kappa shape index (κ3) is 3.41. The zero-order valence-corrected chi connectivity index (χ0v) is 19.1. The molecular weight excluding hydrogens is 412 g/mol. The van der Waals surface area contributed by atoms with Crippen molar-refractivity contribution in [3.8, 4) is 6.07 Å². The van der Waals surface area contributed by atoms with Crippen LogP contribution in [0.1, 0.15) is 49.8 Å². The fraction of sp³-hybridized carbons (Fsp3) is 0.296. The van der Waals surface area contributed by atoms with Gasteiger partial charge >= 0.3 is 0 Å². The first-order chi connectivity index (χ1) is 15.9. The summed E-state index contributed by atoms with van der Waals surface area (Å²) in [6.45, 7) is 6.98. The molecule has 1 N–H and O–H groups in total. The lowest BCUT2D eigenvalue weighted by molar-refractivity contribution is -0.139. The SMILES string of the molecule is CC(=O)N1CC2=C(C1=O)[C@H](c1ccc(C#N)cc1)c1cn(CCC(C)C)c3cccc(c13)N2. The number of aromatic nitrogens is 1. The van der Waals surface area contributed by atoms with Gasteiger partial charge in [-0.05, 0) is 47.7 Å². The van der Waals surface area contributed by atoms with Crippen LogP contribution < -0.4 is 5.32 Å². The predicted octanol–water partition coefficient (Wildman–Crippen LogP) is 4.76. The highest BCUT2D eigenvalue weighted by molar-refractivity contribution is 6.11. The molecule has 33 heavy (non-hydrogen) atoms. The van der Waals surface area contributed by atoms with E-state index >= 15 is 0 Å². The van der Waals surface area contributed by atoms with E-state index in [4.69, 9.17) is 0 Å². The first-order valence-electron chi connectivity index (χ1n) is 11.3. The summed E-state index contributed by atoms with van der Waals surface area (Å²) >= 11 is 0. The molecule has 0 radical (unpaired) electrons. The number of nitriles is 1. The van der Waals surface area contributed by atoms with Crippen LogP contribution in [0, 0.1) is 17.2 Å². The number of hydrogen-bond donors (Lipinski definition) is 1. The molecule has 166 valence electrons. The summed E-state index contributed by atoms with van der Waals surface area (Å²) in [5, 5.41) is 13.9. The van der Waals surface area contributed by atoms with Gasteiger partial charge in [0.2, 0.25) is 5.91 Å². The van der Waals surface area contributed by atoms with Crippen LogP contribution in [-0.4, -0.2) is 27.8 Å². The molecule has 2 amide bonds. The van der Waals surface area contributed by atoms with Crippen LogP contribution in [0.5, 0.6) is 0 Å². The molecule has 0 saturated carbocycles. The lowest BCUT2D eigenvalue weighted by Gasteiger charge is -2.19. The first-order valence-corrected chi connectivity index (χ1v) is 11.3. The molecule has 0 saturated heterocycles. The number of rotatable bonds is 4. The molecule has 3 heterocycles. The predicted molar refractivity (Wildman–Crippen MR) is 127 cm³/mol. The number of carbonyl (C=O) groups excluding carboxylic acids is 2. The van der Waals surface area contributed by atoms with E-state index in [2.05, 4.69) is 42.1 Å². The molecule has 0 spiro atoms. The zero-order chi connectivity index (χ0) is 23.3. The van der Waals surface area contributed by atoms with Gasteiger partial charge in [0.25, 0.3) is 5.91 Å². The molecule has 2 aliphatic rings. The van der Waals surface area contributed by atoms with E-state index < -0.39 is 0 Å². The van der Waals surface area contributed by atoms with Gasteiger partial charge in [-0.15, -0.1) is 0 Å². The minimum atomic E-state index is -0.330. The maximum atomic E-state index is 13.5. The number of amides is 2. The van der Waals surface area contributed by atoms with Crippen molar-refractivity contribution in [3.63, 3.8) is 0 Å². The Labute approximate surface area is 193 Å². The van der Waals surface area contributed by atoms with Crippen molar-refractivity contribution in [2.45, 2.75) is 39.7 Å². The molecular formula is C27H26N4O2. The van der Waals surface area contributed by atoms with Gasteiger partial charge in [0.05, 0.1) is 29.3 Å². The third-order valence-corrected chi connectivity index (χ3v) is 6.64. The normalized spacial score (nSPS) is 17.2. The second-order valence-corrected chi connectivity index (χ2v) is 9.25. The number of nitrogens with zero attached hydrogens (tertiary/aromatic N) is 3. The van der Waals surface area contributed by atoms with Crippen molar-refractivity contribution in [1.82, 2.24) is 9.47 Å². The van der Waals surface area contributed by atoms with Gasteiger partial charge < -0.3 is 9.88 Å². The molecule has 6 nitrogen and oxygen atoms in total. The van der Waals surface area contributed by atoms with Gasteiger partial charge in [-0.3, -0.25) is 14.5 Å². The summed E-state index contributed by atoms with van der Waals surface area (Å²) in [6, 6.07) is 15.8. The maximum absolute atomic E-state index is 13.5. The molecule has 2 aromatic carbocycles. The van der Waals surface area contributed by atoms with E-state index in [-0.39, 0.29) is 24.3 Å². The van der Waals surface area contributed by atoms with Gasteiger partial charge in [-0.2, -0.15) is 5.26 Å². The molecule has 1 atom stereocenters.